The van der Waals surface area contributed by atoms with Crippen molar-refractivity contribution in [2.24, 2.45) is 5.73 Å². The summed E-state index contributed by atoms with van der Waals surface area (Å²) in [4.78, 5) is 11.8. The molecule has 4 N–H and O–H groups in total. The maximum atomic E-state index is 12.8. The Morgan fingerprint density at radius 2 is 2.00 bits per heavy atom. The number of hydrogen-bond donors (Lipinski definition) is 3. The summed E-state index contributed by atoms with van der Waals surface area (Å²) < 4.78 is 38.5. The van der Waals surface area contributed by atoms with Crippen molar-refractivity contribution in [1.29, 1.82) is 0 Å². The lowest BCUT2D eigenvalue weighted by Gasteiger charge is -2.27. The minimum Gasteiger partial charge on any atom is -0.507 e. The van der Waals surface area contributed by atoms with Crippen molar-refractivity contribution < 1.29 is 23.1 Å². The summed E-state index contributed by atoms with van der Waals surface area (Å²) in [5, 5.41) is 20.7. The second kappa shape index (κ2) is 7.15. The fraction of sp³-hybridized carbons (Fsp3) is 0.389. The molecule has 1 saturated carbocycles. The number of alkyl halides is 3. The molecule has 1 aliphatic rings. The summed E-state index contributed by atoms with van der Waals surface area (Å²) in [5.74, 6) is -0.585. The second-order valence-corrected chi connectivity index (χ2v) is 6.67. The highest BCUT2D eigenvalue weighted by Gasteiger charge is 2.32. The summed E-state index contributed by atoms with van der Waals surface area (Å²) in [6.07, 6.45) is -1.75. The molecule has 0 aliphatic heterocycles. The zero-order valence-corrected chi connectivity index (χ0v) is 14.5. The van der Waals surface area contributed by atoms with E-state index in [2.05, 4.69) is 15.5 Å². The zero-order valence-electron chi connectivity index (χ0n) is 14.5. The SMILES string of the molecule is C[C@@H](N)C(=O)Nc1cc(C2CCC2)c(-c2ccc(C(F)(F)F)cc2O)nn1. The monoisotopic (exact) mass is 380 g/mol. The fourth-order valence-corrected chi connectivity index (χ4v) is 2.86. The molecule has 0 bridgehead atoms. The van der Waals surface area contributed by atoms with Gasteiger partial charge in [-0.3, -0.25) is 4.79 Å². The van der Waals surface area contributed by atoms with Crippen molar-refractivity contribution in [3.05, 3.63) is 35.4 Å². The van der Waals surface area contributed by atoms with Gasteiger partial charge in [0, 0.05) is 5.56 Å². The number of nitrogens with one attached hydrogen (secondary N) is 1. The second-order valence-electron chi connectivity index (χ2n) is 6.67. The number of hydrogen-bond acceptors (Lipinski definition) is 5. The predicted molar refractivity (Wildman–Crippen MR) is 93.0 cm³/mol. The van der Waals surface area contributed by atoms with Gasteiger partial charge in [-0.05, 0) is 55.5 Å². The van der Waals surface area contributed by atoms with Crippen molar-refractivity contribution in [3.63, 3.8) is 0 Å². The third kappa shape index (κ3) is 4.02. The van der Waals surface area contributed by atoms with Gasteiger partial charge in [0.15, 0.2) is 5.82 Å². The van der Waals surface area contributed by atoms with Crippen LogP contribution in [0.2, 0.25) is 0 Å². The highest BCUT2D eigenvalue weighted by molar-refractivity contribution is 5.93. The molecule has 1 aromatic carbocycles. The van der Waals surface area contributed by atoms with Gasteiger partial charge in [-0.25, -0.2) is 0 Å². The largest absolute Gasteiger partial charge is 0.507 e. The molecule has 1 atom stereocenters. The molecule has 1 amide bonds. The summed E-state index contributed by atoms with van der Waals surface area (Å²) in [5.41, 5.74) is 5.79. The molecule has 0 radical (unpaired) electrons. The molecule has 9 heteroatoms. The number of nitrogens with zero attached hydrogens (tertiary/aromatic N) is 2. The number of nitrogens with two attached hydrogens (primary N) is 1. The van der Waals surface area contributed by atoms with Crippen LogP contribution in [0, 0.1) is 0 Å². The van der Waals surface area contributed by atoms with Crippen LogP contribution < -0.4 is 11.1 Å². The average Bonchev–Trinajstić information content (AvgIpc) is 2.53. The van der Waals surface area contributed by atoms with Crippen LogP contribution in [0.4, 0.5) is 19.0 Å². The van der Waals surface area contributed by atoms with Crippen molar-refractivity contribution >= 4 is 11.7 Å². The van der Waals surface area contributed by atoms with Crippen molar-refractivity contribution in [1.82, 2.24) is 10.2 Å². The van der Waals surface area contributed by atoms with Gasteiger partial charge in [-0.1, -0.05) is 6.42 Å². The van der Waals surface area contributed by atoms with E-state index in [-0.39, 0.29) is 17.3 Å². The quantitative estimate of drug-likeness (QED) is 0.754. The lowest BCUT2D eigenvalue weighted by Crippen LogP contribution is -2.33. The average molecular weight is 380 g/mol. The molecule has 1 aliphatic carbocycles. The first kappa shape index (κ1) is 19.1. The van der Waals surface area contributed by atoms with Gasteiger partial charge in [0.05, 0.1) is 11.6 Å². The lowest BCUT2D eigenvalue weighted by atomic mass is 9.78. The molecular weight excluding hydrogens is 361 g/mol. The zero-order chi connectivity index (χ0) is 19.8. The van der Waals surface area contributed by atoms with E-state index in [1.807, 2.05) is 0 Å². The van der Waals surface area contributed by atoms with Gasteiger partial charge < -0.3 is 16.2 Å². The molecule has 1 heterocycles. The number of amides is 1. The first-order valence-corrected chi connectivity index (χ1v) is 8.51. The van der Waals surface area contributed by atoms with Crippen LogP contribution in [-0.4, -0.2) is 27.3 Å². The molecule has 2 aromatic rings. The van der Waals surface area contributed by atoms with Crippen LogP contribution in [0.25, 0.3) is 11.3 Å². The number of carbonyl (C=O) groups excluding carboxylic acids is 1. The molecule has 6 nitrogen and oxygen atoms in total. The smallest absolute Gasteiger partial charge is 0.416 e. The number of aromatic nitrogens is 2. The Bertz CT molecular complexity index is 864. The number of benzene rings is 1. The first-order valence-electron chi connectivity index (χ1n) is 8.51. The third-order valence-corrected chi connectivity index (χ3v) is 4.61. The van der Waals surface area contributed by atoms with E-state index >= 15 is 0 Å². The first-order chi connectivity index (χ1) is 12.7. The topological polar surface area (TPSA) is 101 Å². The Balaban J connectivity index is 2.01. The fourth-order valence-electron chi connectivity index (χ4n) is 2.86. The Hall–Kier alpha value is -2.68. The summed E-state index contributed by atoms with van der Waals surface area (Å²) in [6.45, 7) is 1.53. The van der Waals surface area contributed by atoms with E-state index in [1.165, 1.54) is 13.0 Å². The Labute approximate surface area is 153 Å². The summed E-state index contributed by atoms with van der Waals surface area (Å²) in [6, 6.07) is 3.67. The Kier molecular flexibility index (Phi) is 5.05. The van der Waals surface area contributed by atoms with Crippen LogP contribution in [0.1, 0.15) is 43.2 Å². The lowest BCUT2D eigenvalue weighted by molar-refractivity contribution is -0.137. The van der Waals surface area contributed by atoms with E-state index in [4.69, 9.17) is 5.73 Å². The van der Waals surface area contributed by atoms with Crippen molar-refractivity contribution in [3.8, 4) is 17.0 Å². The molecule has 144 valence electrons. The number of halogens is 3. The predicted octanol–water partition coefficient (Wildman–Crippen LogP) is 3.42. The molecule has 1 fully saturated rings. The summed E-state index contributed by atoms with van der Waals surface area (Å²) in [7, 11) is 0. The molecule has 3 rings (SSSR count). The van der Waals surface area contributed by atoms with E-state index in [1.54, 1.807) is 6.07 Å². The number of rotatable bonds is 4. The van der Waals surface area contributed by atoms with E-state index in [0.717, 1.165) is 30.9 Å². The molecular formula is C18H19F3N4O2. The molecule has 1 aromatic heterocycles. The molecule has 0 saturated heterocycles. The third-order valence-electron chi connectivity index (χ3n) is 4.61. The van der Waals surface area contributed by atoms with E-state index < -0.39 is 29.4 Å². The highest BCUT2D eigenvalue weighted by Crippen LogP contribution is 2.43. The van der Waals surface area contributed by atoms with Gasteiger partial charge in [0.2, 0.25) is 5.91 Å². The molecule has 27 heavy (non-hydrogen) atoms. The minimum absolute atomic E-state index is 0.142. The van der Waals surface area contributed by atoms with Crippen LogP contribution in [0.5, 0.6) is 5.75 Å². The maximum Gasteiger partial charge on any atom is 0.416 e. The number of phenols is 1. The van der Waals surface area contributed by atoms with E-state index in [9.17, 15) is 23.1 Å². The molecule has 0 unspecified atom stereocenters. The van der Waals surface area contributed by atoms with Crippen molar-refractivity contribution in [2.45, 2.75) is 44.3 Å². The maximum absolute atomic E-state index is 12.8. The van der Waals surface area contributed by atoms with Gasteiger partial charge in [-0.15, -0.1) is 10.2 Å². The standard InChI is InChI=1S/C18H19F3N4O2/c1-9(22)17(27)23-15-8-13(10-3-2-4-10)16(25-24-15)12-6-5-11(7-14(12)26)18(19,20)21/h5-10,26H,2-4,22H2,1H3,(H,23,24,27)/t9-/m1/s1. The van der Waals surface area contributed by atoms with Crippen molar-refractivity contribution in [2.75, 3.05) is 5.32 Å². The van der Waals surface area contributed by atoms with Crippen LogP contribution >= 0.6 is 0 Å². The number of aromatic hydroxyl groups is 1. The highest BCUT2D eigenvalue weighted by atomic mass is 19.4. The summed E-state index contributed by atoms with van der Waals surface area (Å²) >= 11 is 0. The number of carbonyl (C=O) groups is 1. The Morgan fingerprint density at radius 3 is 2.52 bits per heavy atom. The van der Waals surface area contributed by atoms with Gasteiger partial charge in [0.1, 0.15) is 11.4 Å². The Morgan fingerprint density at radius 1 is 1.30 bits per heavy atom. The number of phenolic OH excluding ortho intramolecular Hbond substituents is 1. The molecule has 0 spiro atoms. The normalized spacial score (nSPS) is 15.9. The van der Waals surface area contributed by atoms with Crippen LogP contribution in [0.15, 0.2) is 24.3 Å². The van der Waals surface area contributed by atoms with Gasteiger partial charge in [0.25, 0.3) is 0 Å². The van der Waals surface area contributed by atoms with Crippen LogP contribution in [0.3, 0.4) is 0 Å². The van der Waals surface area contributed by atoms with Gasteiger partial charge >= 0.3 is 6.18 Å². The minimum atomic E-state index is -4.55. The van der Waals surface area contributed by atoms with E-state index in [0.29, 0.717) is 11.8 Å². The number of anilines is 1. The van der Waals surface area contributed by atoms with Gasteiger partial charge in [-0.2, -0.15) is 13.2 Å². The van der Waals surface area contributed by atoms with Crippen LogP contribution in [-0.2, 0) is 11.0 Å².